The minimum Gasteiger partial charge on any atom is -0.273 e. The average molecular weight is 494 g/mol. The van der Waals surface area contributed by atoms with Crippen molar-refractivity contribution in [3.05, 3.63) is 99.0 Å². The van der Waals surface area contributed by atoms with Gasteiger partial charge in [0.15, 0.2) is 6.10 Å². The van der Waals surface area contributed by atoms with Crippen molar-refractivity contribution in [2.45, 2.75) is 12.1 Å². The highest BCUT2D eigenvalue weighted by molar-refractivity contribution is 9.10. The molecular weight excluding hydrogens is 478 g/mol. The lowest BCUT2D eigenvalue weighted by molar-refractivity contribution is -0.384. The van der Waals surface area contributed by atoms with Crippen LogP contribution in [0.3, 0.4) is 0 Å². The second-order valence-electron chi connectivity index (χ2n) is 7.50. The third kappa shape index (κ3) is 3.26. The number of benzene rings is 3. The van der Waals surface area contributed by atoms with Gasteiger partial charge in [-0.1, -0.05) is 52.3 Å². The van der Waals surface area contributed by atoms with Crippen LogP contribution in [0.25, 0.3) is 0 Å². The third-order valence-corrected chi connectivity index (χ3v) is 6.17. The lowest BCUT2D eigenvalue weighted by atomic mass is 9.90. The summed E-state index contributed by atoms with van der Waals surface area (Å²) in [6.07, 6.45) is -1.03. The molecule has 3 aromatic rings. The van der Waals surface area contributed by atoms with Gasteiger partial charge in [-0.3, -0.25) is 24.5 Å². The number of nitro benzene ring substituents is 1. The average Bonchev–Trinajstić information content (AvgIpc) is 3.31. The van der Waals surface area contributed by atoms with Crippen molar-refractivity contribution in [3.8, 4) is 0 Å². The Kier molecular flexibility index (Phi) is 4.99. The summed E-state index contributed by atoms with van der Waals surface area (Å²) in [7, 11) is 0. The number of hydrogen-bond acceptors (Lipinski definition) is 6. The van der Waals surface area contributed by atoms with Crippen LogP contribution in [0, 0.1) is 16.0 Å². The second-order valence-corrected chi connectivity index (χ2v) is 8.41. The largest absolute Gasteiger partial charge is 0.273 e. The van der Waals surface area contributed by atoms with Crippen LogP contribution < -0.4 is 9.96 Å². The maximum absolute atomic E-state index is 13.5. The van der Waals surface area contributed by atoms with Gasteiger partial charge < -0.3 is 0 Å². The lowest BCUT2D eigenvalue weighted by Gasteiger charge is -2.28. The van der Waals surface area contributed by atoms with Crippen molar-refractivity contribution in [2.24, 2.45) is 5.92 Å². The Labute approximate surface area is 191 Å². The first kappa shape index (κ1) is 20.3. The summed E-state index contributed by atoms with van der Waals surface area (Å²) < 4.78 is 0.829. The van der Waals surface area contributed by atoms with E-state index in [9.17, 15) is 19.7 Å². The molecule has 2 aliphatic rings. The number of carbonyl (C=O) groups excluding carboxylic acids is 2. The molecular formula is C23H16BrN3O5. The van der Waals surface area contributed by atoms with Gasteiger partial charge in [-0.15, -0.1) is 0 Å². The van der Waals surface area contributed by atoms with Gasteiger partial charge in [0.2, 0.25) is 5.91 Å². The van der Waals surface area contributed by atoms with Crippen LogP contribution in [0.15, 0.2) is 83.3 Å². The number of rotatable bonds is 4. The topological polar surface area (TPSA) is 93.0 Å². The van der Waals surface area contributed by atoms with Gasteiger partial charge >= 0.3 is 0 Å². The molecule has 0 spiro atoms. The summed E-state index contributed by atoms with van der Waals surface area (Å²) >= 11 is 3.36. The Hall–Kier alpha value is -3.56. The number of anilines is 2. The van der Waals surface area contributed by atoms with Crippen molar-refractivity contribution in [1.82, 2.24) is 0 Å². The van der Waals surface area contributed by atoms with E-state index in [1.54, 1.807) is 36.4 Å². The fraction of sp³-hybridized carbons (Fsp3) is 0.130. The minimum atomic E-state index is -1.03. The van der Waals surface area contributed by atoms with Crippen LogP contribution in [-0.2, 0) is 14.4 Å². The molecule has 8 nitrogen and oxygen atoms in total. The minimum absolute atomic E-state index is 0.107. The van der Waals surface area contributed by atoms with E-state index >= 15 is 0 Å². The smallest absolute Gasteiger partial charge is 0.271 e. The number of fused-ring (bicyclic) bond motifs is 1. The predicted octanol–water partition coefficient (Wildman–Crippen LogP) is 4.41. The summed E-state index contributed by atoms with van der Waals surface area (Å²) in [5.74, 6) is -1.63. The molecule has 0 unspecified atom stereocenters. The highest BCUT2D eigenvalue weighted by Gasteiger charge is 2.60. The molecule has 3 atom stereocenters. The summed E-state index contributed by atoms with van der Waals surface area (Å²) in [6, 6.07) is 21.4. The van der Waals surface area contributed by atoms with E-state index in [0.29, 0.717) is 11.4 Å². The molecule has 0 aliphatic carbocycles. The van der Waals surface area contributed by atoms with Crippen LogP contribution in [0.4, 0.5) is 17.1 Å². The molecule has 2 aliphatic heterocycles. The molecule has 0 radical (unpaired) electrons. The number of nitrogens with zero attached hydrogens (tertiary/aromatic N) is 3. The van der Waals surface area contributed by atoms with Gasteiger partial charge in [0, 0.05) is 16.6 Å². The van der Waals surface area contributed by atoms with Gasteiger partial charge in [-0.05, 0) is 35.9 Å². The first-order valence-corrected chi connectivity index (χ1v) is 10.6. The van der Waals surface area contributed by atoms with Crippen molar-refractivity contribution < 1.29 is 19.3 Å². The number of halogens is 1. The Bertz CT molecular complexity index is 1220. The molecule has 0 bridgehead atoms. The third-order valence-electron chi connectivity index (χ3n) is 5.64. The maximum atomic E-state index is 13.5. The normalized spacial score (nSPS) is 22.3. The number of non-ortho nitro benzene ring substituents is 1. The highest BCUT2D eigenvalue weighted by atomic mass is 79.9. The molecule has 0 aromatic heterocycles. The SMILES string of the molecule is O=C1[C@@H]2[C@H](ON(c3cccc([N+](=O)[O-])c3)[C@H]2c2ccccc2)C(=O)N1c1ccc(Br)cc1. The fourth-order valence-electron chi connectivity index (χ4n) is 4.22. The Morgan fingerprint density at radius 1 is 0.875 bits per heavy atom. The van der Waals surface area contributed by atoms with Crippen molar-refractivity contribution in [3.63, 3.8) is 0 Å². The van der Waals surface area contributed by atoms with Gasteiger partial charge in [-0.25, -0.2) is 9.96 Å². The maximum Gasteiger partial charge on any atom is 0.271 e. The fourth-order valence-corrected chi connectivity index (χ4v) is 4.48. The lowest BCUT2D eigenvalue weighted by Crippen LogP contribution is -2.37. The molecule has 2 heterocycles. The molecule has 2 saturated heterocycles. The molecule has 3 aromatic carbocycles. The number of amides is 2. The van der Waals surface area contributed by atoms with E-state index in [-0.39, 0.29) is 11.6 Å². The van der Waals surface area contributed by atoms with Gasteiger partial charge in [-0.2, -0.15) is 0 Å². The zero-order valence-electron chi connectivity index (χ0n) is 16.5. The van der Waals surface area contributed by atoms with Crippen LogP contribution in [0.2, 0.25) is 0 Å². The summed E-state index contributed by atoms with van der Waals surface area (Å²) in [6.45, 7) is 0. The van der Waals surface area contributed by atoms with Crippen LogP contribution in [-0.4, -0.2) is 22.8 Å². The Balaban J connectivity index is 1.58. The summed E-state index contributed by atoms with van der Waals surface area (Å²) in [5.41, 5.74) is 1.53. The molecule has 160 valence electrons. The first-order chi connectivity index (χ1) is 15.5. The molecule has 32 heavy (non-hydrogen) atoms. The van der Waals surface area contributed by atoms with Crippen molar-refractivity contribution in [2.75, 3.05) is 9.96 Å². The quantitative estimate of drug-likeness (QED) is 0.303. The monoisotopic (exact) mass is 493 g/mol. The predicted molar refractivity (Wildman–Crippen MR) is 120 cm³/mol. The Morgan fingerprint density at radius 2 is 1.59 bits per heavy atom. The molecule has 2 fully saturated rings. The zero-order chi connectivity index (χ0) is 22.4. The van der Waals surface area contributed by atoms with Gasteiger partial charge in [0.1, 0.15) is 5.92 Å². The van der Waals surface area contributed by atoms with Gasteiger partial charge in [0.05, 0.1) is 22.3 Å². The molecule has 5 rings (SSSR count). The number of nitro groups is 1. The number of hydrogen-bond donors (Lipinski definition) is 0. The van der Waals surface area contributed by atoms with Gasteiger partial charge in [0.25, 0.3) is 11.6 Å². The van der Waals surface area contributed by atoms with E-state index in [2.05, 4.69) is 15.9 Å². The van der Waals surface area contributed by atoms with Crippen LogP contribution in [0.1, 0.15) is 11.6 Å². The molecule has 9 heteroatoms. The highest BCUT2D eigenvalue weighted by Crippen LogP contribution is 2.47. The van der Waals surface area contributed by atoms with E-state index in [1.165, 1.54) is 17.2 Å². The van der Waals surface area contributed by atoms with E-state index in [1.807, 2.05) is 30.3 Å². The second kappa shape index (κ2) is 7.85. The van der Waals surface area contributed by atoms with E-state index < -0.39 is 28.9 Å². The first-order valence-electron chi connectivity index (χ1n) is 9.84. The van der Waals surface area contributed by atoms with Crippen LogP contribution in [0.5, 0.6) is 0 Å². The number of imide groups is 1. The van der Waals surface area contributed by atoms with Crippen molar-refractivity contribution >= 4 is 44.8 Å². The summed E-state index contributed by atoms with van der Waals surface area (Å²) in [4.78, 5) is 44.7. The Morgan fingerprint density at radius 3 is 2.28 bits per heavy atom. The summed E-state index contributed by atoms with van der Waals surface area (Å²) in [5, 5.41) is 12.7. The van der Waals surface area contributed by atoms with Crippen molar-refractivity contribution in [1.29, 1.82) is 0 Å². The van der Waals surface area contributed by atoms with E-state index in [0.717, 1.165) is 14.9 Å². The standard InChI is InChI=1S/C23H16BrN3O5/c24-15-9-11-16(12-10-15)25-22(28)19-20(14-5-2-1-3-6-14)26(32-21(19)23(25)29)17-7-4-8-18(13-17)27(30)31/h1-13,19-21H/t19-,20-,21-/m0/s1. The number of hydroxylamine groups is 1. The zero-order valence-corrected chi connectivity index (χ0v) is 18.1. The molecule has 0 N–H and O–H groups in total. The van der Waals surface area contributed by atoms with E-state index in [4.69, 9.17) is 4.84 Å². The number of carbonyl (C=O) groups is 2. The molecule has 2 amide bonds. The molecule has 0 saturated carbocycles. The van der Waals surface area contributed by atoms with Crippen LogP contribution >= 0.6 is 15.9 Å².